The van der Waals surface area contributed by atoms with Crippen molar-refractivity contribution in [3.63, 3.8) is 0 Å². The molecular formula is C17H22N4O. The summed E-state index contributed by atoms with van der Waals surface area (Å²) in [4.78, 5) is 15.6. The van der Waals surface area contributed by atoms with E-state index >= 15 is 0 Å². The van der Waals surface area contributed by atoms with E-state index in [0.717, 1.165) is 37.1 Å². The van der Waals surface area contributed by atoms with Gasteiger partial charge < -0.3 is 16.0 Å². The van der Waals surface area contributed by atoms with Crippen molar-refractivity contribution in [1.29, 1.82) is 0 Å². The molecule has 3 N–H and O–H groups in total. The van der Waals surface area contributed by atoms with Crippen molar-refractivity contribution < 1.29 is 4.79 Å². The summed E-state index contributed by atoms with van der Waals surface area (Å²) in [6.45, 7) is 7.82. The fourth-order valence-electron chi connectivity index (χ4n) is 3.32. The Kier molecular flexibility index (Phi) is 4.47. The minimum Gasteiger partial charge on any atom is -0.383 e. The summed E-state index contributed by atoms with van der Waals surface area (Å²) >= 11 is 0. The second-order valence-electron chi connectivity index (χ2n) is 6.19. The van der Waals surface area contributed by atoms with Gasteiger partial charge in [-0.2, -0.15) is 0 Å². The van der Waals surface area contributed by atoms with Gasteiger partial charge in [-0.15, -0.1) is 0 Å². The number of amides is 2. The number of nitrogens with one attached hydrogen (secondary N) is 3. The molecule has 5 heteroatoms. The van der Waals surface area contributed by atoms with Crippen LogP contribution in [0.15, 0.2) is 18.2 Å². The standard InChI is InChI=1S/C17H22N4O/c1-18-14-7-8-16-12(9-14)10-15(11-19-16)21-17(22)20-13-5-3-2-4-6-13/h7-9,13,15,19H,2-6,10-11H2,(H2,20,21,22)/t15-/m0/s1. The third-order valence-corrected chi connectivity index (χ3v) is 4.50. The first kappa shape index (κ1) is 14.7. The first-order chi connectivity index (χ1) is 10.7. The van der Waals surface area contributed by atoms with E-state index in [2.05, 4.69) is 20.8 Å². The van der Waals surface area contributed by atoms with Crippen LogP contribution in [-0.4, -0.2) is 24.7 Å². The highest BCUT2D eigenvalue weighted by atomic mass is 16.2. The molecule has 0 spiro atoms. The van der Waals surface area contributed by atoms with E-state index in [9.17, 15) is 4.79 Å². The lowest BCUT2D eigenvalue weighted by molar-refractivity contribution is 0.229. The minimum atomic E-state index is -0.0662. The number of carbonyl (C=O) groups excluding carboxylic acids is 1. The Balaban J connectivity index is 1.55. The molecule has 0 aromatic heterocycles. The van der Waals surface area contributed by atoms with Crippen LogP contribution in [0.2, 0.25) is 0 Å². The fraction of sp³-hybridized carbons (Fsp3) is 0.529. The van der Waals surface area contributed by atoms with Gasteiger partial charge >= 0.3 is 6.03 Å². The second-order valence-corrected chi connectivity index (χ2v) is 6.19. The number of fused-ring (bicyclic) bond motifs is 1. The molecular weight excluding hydrogens is 276 g/mol. The molecule has 0 radical (unpaired) electrons. The average molecular weight is 298 g/mol. The van der Waals surface area contributed by atoms with Gasteiger partial charge in [0.25, 0.3) is 0 Å². The normalized spacial score (nSPS) is 21.1. The Morgan fingerprint density at radius 2 is 1.95 bits per heavy atom. The van der Waals surface area contributed by atoms with E-state index in [1.165, 1.54) is 19.3 Å². The Bertz CT molecular complexity index is 587. The highest BCUT2D eigenvalue weighted by Gasteiger charge is 2.22. The molecule has 1 aromatic rings. The molecule has 116 valence electrons. The van der Waals surface area contributed by atoms with E-state index in [1.54, 1.807) is 0 Å². The van der Waals surface area contributed by atoms with Gasteiger partial charge in [-0.25, -0.2) is 9.64 Å². The summed E-state index contributed by atoms with van der Waals surface area (Å²) < 4.78 is 0. The van der Waals surface area contributed by atoms with Crippen LogP contribution >= 0.6 is 0 Å². The van der Waals surface area contributed by atoms with Crippen molar-refractivity contribution in [2.75, 3.05) is 11.9 Å². The molecule has 3 rings (SSSR count). The maximum Gasteiger partial charge on any atom is 0.315 e. The molecule has 1 saturated carbocycles. The van der Waals surface area contributed by atoms with Crippen LogP contribution in [0.4, 0.5) is 16.2 Å². The molecule has 1 aliphatic heterocycles. The molecule has 1 heterocycles. The summed E-state index contributed by atoms with van der Waals surface area (Å²) in [6.07, 6.45) is 6.66. The maximum atomic E-state index is 12.1. The van der Waals surface area contributed by atoms with Gasteiger partial charge in [-0.3, -0.25) is 0 Å². The van der Waals surface area contributed by atoms with Gasteiger partial charge in [0.1, 0.15) is 0 Å². The second kappa shape index (κ2) is 6.69. The van der Waals surface area contributed by atoms with Crippen LogP contribution in [0.3, 0.4) is 0 Å². The van der Waals surface area contributed by atoms with E-state index in [1.807, 2.05) is 18.2 Å². The van der Waals surface area contributed by atoms with E-state index in [4.69, 9.17) is 6.57 Å². The van der Waals surface area contributed by atoms with E-state index in [0.29, 0.717) is 11.7 Å². The van der Waals surface area contributed by atoms with Gasteiger partial charge in [0.2, 0.25) is 0 Å². The summed E-state index contributed by atoms with van der Waals surface area (Å²) in [5.41, 5.74) is 2.81. The van der Waals surface area contributed by atoms with Crippen LogP contribution in [0, 0.1) is 6.57 Å². The zero-order valence-corrected chi connectivity index (χ0v) is 12.7. The van der Waals surface area contributed by atoms with Gasteiger partial charge in [-0.05, 0) is 30.9 Å². The zero-order valence-electron chi connectivity index (χ0n) is 12.7. The van der Waals surface area contributed by atoms with Crippen molar-refractivity contribution in [1.82, 2.24) is 10.6 Å². The predicted octanol–water partition coefficient (Wildman–Crippen LogP) is 3.21. The number of hydrogen-bond donors (Lipinski definition) is 3. The van der Waals surface area contributed by atoms with Gasteiger partial charge in [0.05, 0.1) is 12.6 Å². The van der Waals surface area contributed by atoms with Crippen molar-refractivity contribution in [3.05, 3.63) is 35.2 Å². The van der Waals surface area contributed by atoms with Crippen LogP contribution in [0.25, 0.3) is 4.85 Å². The summed E-state index contributed by atoms with van der Waals surface area (Å²) in [5.74, 6) is 0. The third kappa shape index (κ3) is 3.51. The zero-order chi connectivity index (χ0) is 15.4. The monoisotopic (exact) mass is 298 g/mol. The van der Waals surface area contributed by atoms with Crippen LogP contribution in [0.1, 0.15) is 37.7 Å². The number of rotatable bonds is 2. The maximum absolute atomic E-state index is 12.1. The number of hydrogen-bond acceptors (Lipinski definition) is 2. The number of benzene rings is 1. The fourth-order valence-corrected chi connectivity index (χ4v) is 3.32. The SMILES string of the molecule is [C-]#[N+]c1ccc2c(c1)C[C@H](NC(=O)NC1CCCCC1)CN2. The molecule has 0 unspecified atom stereocenters. The first-order valence-corrected chi connectivity index (χ1v) is 8.06. The van der Waals surface area contributed by atoms with Crippen LogP contribution < -0.4 is 16.0 Å². The number of carbonyl (C=O) groups is 1. The Labute approximate surface area is 131 Å². The van der Waals surface area contributed by atoms with Crippen molar-refractivity contribution in [2.24, 2.45) is 0 Å². The number of urea groups is 1. The molecule has 0 bridgehead atoms. The molecule has 0 saturated heterocycles. The van der Waals surface area contributed by atoms with Gasteiger partial charge in [-0.1, -0.05) is 31.4 Å². The summed E-state index contributed by atoms with van der Waals surface area (Å²) in [5, 5.41) is 9.47. The van der Waals surface area contributed by atoms with Crippen LogP contribution in [-0.2, 0) is 6.42 Å². The summed E-state index contributed by atoms with van der Waals surface area (Å²) in [7, 11) is 0. The molecule has 2 amide bonds. The van der Waals surface area contributed by atoms with E-state index in [-0.39, 0.29) is 12.1 Å². The first-order valence-electron chi connectivity index (χ1n) is 8.06. The highest BCUT2D eigenvalue weighted by Crippen LogP contribution is 2.26. The van der Waals surface area contributed by atoms with Crippen molar-refractivity contribution in [3.8, 4) is 0 Å². The van der Waals surface area contributed by atoms with Crippen LogP contribution in [0.5, 0.6) is 0 Å². The Hall–Kier alpha value is -2.22. The average Bonchev–Trinajstić information content (AvgIpc) is 2.55. The number of anilines is 1. The molecule has 22 heavy (non-hydrogen) atoms. The van der Waals surface area contributed by atoms with E-state index < -0.39 is 0 Å². The van der Waals surface area contributed by atoms with Gasteiger partial charge in [0.15, 0.2) is 5.69 Å². The highest BCUT2D eigenvalue weighted by molar-refractivity contribution is 5.75. The van der Waals surface area contributed by atoms with Gasteiger partial charge in [0, 0.05) is 18.3 Å². The molecule has 2 aliphatic rings. The Morgan fingerprint density at radius 3 is 2.73 bits per heavy atom. The van der Waals surface area contributed by atoms with Crippen molar-refractivity contribution in [2.45, 2.75) is 50.6 Å². The quantitative estimate of drug-likeness (QED) is 0.734. The molecule has 1 fully saturated rings. The molecule has 1 aliphatic carbocycles. The molecule has 5 nitrogen and oxygen atoms in total. The smallest absolute Gasteiger partial charge is 0.315 e. The topological polar surface area (TPSA) is 57.5 Å². The van der Waals surface area contributed by atoms with Crippen molar-refractivity contribution >= 4 is 17.4 Å². The number of nitrogens with zero attached hydrogens (tertiary/aromatic N) is 1. The third-order valence-electron chi connectivity index (χ3n) is 4.50. The lowest BCUT2D eigenvalue weighted by Gasteiger charge is -2.29. The summed E-state index contributed by atoms with van der Waals surface area (Å²) in [6, 6.07) is 6.00. The lowest BCUT2D eigenvalue weighted by Crippen LogP contribution is -2.50. The largest absolute Gasteiger partial charge is 0.383 e. The molecule has 1 aromatic carbocycles. The lowest BCUT2D eigenvalue weighted by atomic mass is 9.95. The minimum absolute atomic E-state index is 0.0662. The molecule has 1 atom stereocenters. The predicted molar refractivity (Wildman–Crippen MR) is 87.2 cm³/mol. The Morgan fingerprint density at radius 1 is 1.18 bits per heavy atom.